The summed E-state index contributed by atoms with van der Waals surface area (Å²) in [5.74, 6) is 1.52. The Balaban J connectivity index is 3.36. The summed E-state index contributed by atoms with van der Waals surface area (Å²) in [5.41, 5.74) is 6.18. The second kappa shape index (κ2) is 5.37. The molecule has 1 aromatic carbocycles. The van der Waals surface area contributed by atoms with E-state index in [1.54, 1.807) is 12.1 Å². The van der Waals surface area contributed by atoms with Gasteiger partial charge in [0.2, 0.25) is 0 Å². The maximum absolute atomic E-state index is 10.7. The second-order valence-corrected chi connectivity index (χ2v) is 3.11. The lowest BCUT2D eigenvalue weighted by Gasteiger charge is -2.16. The van der Waals surface area contributed by atoms with Crippen LogP contribution in [0.15, 0.2) is 12.1 Å². The van der Waals surface area contributed by atoms with Crippen molar-refractivity contribution in [3.05, 3.63) is 17.7 Å². The maximum Gasteiger partial charge on any atom is 0.141 e. The Bertz CT molecular complexity index is 353. The minimum Gasteiger partial charge on any atom is -0.496 e. The average Bonchev–Trinajstić information content (AvgIpc) is 2.35. The monoisotopic (exact) mass is 225 g/mol. The van der Waals surface area contributed by atoms with Gasteiger partial charge in [0.15, 0.2) is 0 Å². The van der Waals surface area contributed by atoms with Gasteiger partial charge in [-0.2, -0.15) is 0 Å². The van der Waals surface area contributed by atoms with Crippen molar-refractivity contribution in [1.82, 2.24) is 0 Å². The lowest BCUT2D eigenvalue weighted by molar-refractivity contribution is -0.109. The van der Waals surface area contributed by atoms with Crippen LogP contribution in [0.1, 0.15) is 11.6 Å². The maximum atomic E-state index is 10.7. The predicted molar refractivity (Wildman–Crippen MR) is 59.1 cm³/mol. The van der Waals surface area contributed by atoms with Crippen molar-refractivity contribution in [2.45, 2.75) is 6.04 Å². The number of hydrogen-bond donors (Lipinski definition) is 1. The molecule has 1 unspecified atom stereocenters. The molecule has 1 aromatic rings. The highest BCUT2D eigenvalue weighted by Gasteiger charge is 2.18. The molecule has 0 saturated carbocycles. The fraction of sp³-hybridized carbons (Fsp3) is 0.364. The van der Waals surface area contributed by atoms with E-state index in [9.17, 15) is 4.79 Å². The normalized spacial score (nSPS) is 11.8. The molecule has 0 aliphatic carbocycles. The molecule has 1 atom stereocenters. The molecule has 5 heteroatoms. The highest BCUT2D eigenvalue weighted by Crippen LogP contribution is 2.36. The van der Waals surface area contributed by atoms with Crippen LogP contribution >= 0.6 is 0 Å². The van der Waals surface area contributed by atoms with Gasteiger partial charge in [-0.05, 0) is 0 Å². The van der Waals surface area contributed by atoms with Gasteiger partial charge in [0, 0.05) is 12.1 Å². The van der Waals surface area contributed by atoms with Gasteiger partial charge in [0.25, 0.3) is 0 Å². The third-order valence-corrected chi connectivity index (χ3v) is 2.23. The van der Waals surface area contributed by atoms with Crippen molar-refractivity contribution in [3.8, 4) is 17.2 Å². The number of carbonyl (C=O) groups is 1. The van der Waals surface area contributed by atoms with Crippen LogP contribution in [-0.4, -0.2) is 27.6 Å². The molecule has 16 heavy (non-hydrogen) atoms. The van der Waals surface area contributed by atoms with Crippen molar-refractivity contribution < 1.29 is 19.0 Å². The van der Waals surface area contributed by atoms with Crippen LogP contribution in [0.25, 0.3) is 0 Å². The molecule has 0 heterocycles. The van der Waals surface area contributed by atoms with E-state index in [2.05, 4.69) is 0 Å². The van der Waals surface area contributed by atoms with Crippen LogP contribution < -0.4 is 19.9 Å². The Morgan fingerprint density at radius 1 is 1.12 bits per heavy atom. The Hall–Kier alpha value is -1.75. The molecule has 0 bridgehead atoms. The van der Waals surface area contributed by atoms with E-state index >= 15 is 0 Å². The lowest BCUT2D eigenvalue weighted by atomic mass is 10.1. The Morgan fingerprint density at radius 2 is 1.62 bits per heavy atom. The first-order valence-corrected chi connectivity index (χ1v) is 4.68. The van der Waals surface area contributed by atoms with E-state index in [4.69, 9.17) is 19.9 Å². The second-order valence-electron chi connectivity index (χ2n) is 3.11. The van der Waals surface area contributed by atoms with Crippen LogP contribution in [0.3, 0.4) is 0 Å². The number of methoxy groups -OCH3 is 3. The molecule has 0 aromatic heterocycles. The zero-order chi connectivity index (χ0) is 12.1. The largest absolute Gasteiger partial charge is 0.496 e. The van der Waals surface area contributed by atoms with Gasteiger partial charge < -0.3 is 24.7 Å². The first-order valence-electron chi connectivity index (χ1n) is 4.68. The van der Waals surface area contributed by atoms with Crippen molar-refractivity contribution >= 4 is 6.29 Å². The highest BCUT2D eigenvalue weighted by molar-refractivity contribution is 5.67. The number of rotatable bonds is 5. The zero-order valence-electron chi connectivity index (χ0n) is 9.52. The molecule has 0 aliphatic rings. The predicted octanol–water partition coefficient (Wildman–Crippen LogP) is 0.911. The smallest absolute Gasteiger partial charge is 0.141 e. The Labute approximate surface area is 94.1 Å². The van der Waals surface area contributed by atoms with E-state index in [1.165, 1.54) is 21.3 Å². The fourth-order valence-corrected chi connectivity index (χ4v) is 1.43. The first-order chi connectivity index (χ1) is 7.67. The molecule has 0 saturated heterocycles. The minimum absolute atomic E-state index is 0.468. The summed E-state index contributed by atoms with van der Waals surface area (Å²) in [6.45, 7) is 0. The van der Waals surface area contributed by atoms with Crippen molar-refractivity contribution in [2.75, 3.05) is 21.3 Å². The molecule has 1 rings (SSSR count). The fourth-order valence-electron chi connectivity index (χ4n) is 1.43. The van der Waals surface area contributed by atoms with Gasteiger partial charge in [-0.15, -0.1) is 0 Å². The van der Waals surface area contributed by atoms with Gasteiger partial charge in [-0.1, -0.05) is 0 Å². The summed E-state index contributed by atoms with van der Waals surface area (Å²) in [7, 11) is 4.53. The first kappa shape index (κ1) is 12.3. The SMILES string of the molecule is COc1cc(OC)c(C(N)C=O)c(OC)c1. The van der Waals surface area contributed by atoms with Crippen LogP contribution in [-0.2, 0) is 4.79 Å². The number of benzene rings is 1. The van der Waals surface area contributed by atoms with Crippen molar-refractivity contribution in [3.63, 3.8) is 0 Å². The molecular formula is C11H15NO4. The van der Waals surface area contributed by atoms with E-state index in [1.807, 2.05) is 0 Å². The third-order valence-electron chi connectivity index (χ3n) is 2.23. The van der Waals surface area contributed by atoms with E-state index < -0.39 is 6.04 Å². The summed E-state index contributed by atoms with van der Waals surface area (Å²) >= 11 is 0. The molecule has 5 nitrogen and oxygen atoms in total. The van der Waals surface area contributed by atoms with Crippen LogP contribution in [0.4, 0.5) is 0 Å². The molecule has 0 radical (unpaired) electrons. The number of nitrogens with two attached hydrogens (primary N) is 1. The van der Waals surface area contributed by atoms with Crippen molar-refractivity contribution in [2.24, 2.45) is 5.73 Å². The Kier molecular flexibility index (Phi) is 4.13. The summed E-state index contributed by atoms with van der Waals surface area (Å²) in [4.78, 5) is 10.7. The van der Waals surface area contributed by atoms with Crippen LogP contribution in [0.5, 0.6) is 17.2 Å². The highest BCUT2D eigenvalue weighted by atomic mass is 16.5. The lowest BCUT2D eigenvalue weighted by Crippen LogP contribution is -2.14. The van der Waals surface area contributed by atoms with Gasteiger partial charge >= 0.3 is 0 Å². The minimum atomic E-state index is -0.782. The average molecular weight is 225 g/mol. The number of carbonyl (C=O) groups excluding carboxylic acids is 1. The van der Waals surface area contributed by atoms with Crippen LogP contribution in [0, 0.1) is 0 Å². The number of ether oxygens (including phenoxy) is 3. The summed E-state index contributed by atoms with van der Waals surface area (Å²) in [5, 5.41) is 0. The molecule has 88 valence electrons. The van der Waals surface area contributed by atoms with Gasteiger partial charge in [0.1, 0.15) is 23.5 Å². The van der Waals surface area contributed by atoms with E-state index in [0.717, 1.165) is 0 Å². The number of aldehydes is 1. The standard InChI is InChI=1S/C11H15NO4/c1-14-7-4-9(15-2)11(8(12)6-13)10(5-7)16-3/h4-6,8H,12H2,1-3H3. The zero-order valence-corrected chi connectivity index (χ0v) is 9.52. The molecule has 0 fully saturated rings. The summed E-state index contributed by atoms with van der Waals surface area (Å²) < 4.78 is 15.4. The molecule has 2 N–H and O–H groups in total. The van der Waals surface area contributed by atoms with Gasteiger partial charge in [-0.25, -0.2) is 0 Å². The van der Waals surface area contributed by atoms with Gasteiger partial charge in [-0.3, -0.25) is 0 Å². The molecular weight excluding hydrogens is 210 g/mol. The summed E-state index contributed by atoms with van der Waals surface area (Å²) in [6, 6.07) is 2.53. The van der Waals surface area contributed by atoms with E-state index in [0.29, 0.717) is 29.1 Å². The van der Waals surface area contributed by atoms with E-state index in [-0.39, 0.29) is 0 Å². The summed E-state index contributed by atoms with van der Waals surface area (Å²) in [6.07, 6.45) is 0.632. The quantitative estimate of drug-likeness (QED) is 0.754. The topological polar surface area (TPSA) is 70.8 Å². The van der Waals surface area contributed by atoms with Crippen LogP contribution in [0.2, 0.25) is 0 Å². The Morgan fingerprint density at radius 3 is 1.94 bits per heavy atom. The molecule has 0 amide bonds. The van der Waals surface area contributed by atoms with Gasteiger partial charge in [0.05, 0.1) is 32.9 Å². The third kappa shape index (κ3) is 2.25. The molecule has 0 spiro atoms. The molecule has 0 aliphatic heterocycles. The van der Waals surface area contributed by atoms with Crippen molar-refractivity contribution in [1.29, 1.82) is 0 Å². The number of hydrogen-bond acceptors (Lipinski definition) is 5.